The second-order valence-corrected chi connectivity index (χ2v) is 5.20. The van der Waals surface area contributed by atoms with Crippen molar-refractivity contribution in [3.05, 3.63) is 11.9 Å². The van der Waals surface area contributed by atoms with E-state index in [0.717, 1.165) is 30.6 Å². The standard InChI is InChI=1S/C12H21N5O/c1-8(2)9-10(14-7-15-11(9)17-13)16-12(6-18)4-3-5-12/h7-8,18H,3-6,13H2,1-2H3,(H2,14,15,16,17). The molecule has 1 aliphatic rings. The summed E-state index contributed by atoms with van der Waals surface area (Å²) in [6, 6.07) is 0. The lowest BCUT2D eigenvalue weighted by atomic mass is 9.77. The van der Waals surface area contributed by atoms with Crippen LogP contribution in [-0.4, -0.2) is 27.2 Å². The third-order valence-electron chi connectivity index (χ3n) is 3.59. The van der Waals surface area contributed by atoms with Crippen molar-refractivity contribution in [2.24, 2.45) is 5.84 Å². The molecule has 0 atom stereocenters. The van der Waals surface area contributed by atoms with E-state index in [1.807, 2.05) is 0 Å². The number of aliphatic hydroxyl groups excluding tert-OH is 1. The van der Waals surface area contributed by atoms with Crippen LogP contribution in [0.5, 0.6) is 0 Å². The van der Waals surface area contributed by atoms with Gasteiger partial charge in [0.05, 0.1) is 12.1 Å². The summed E-state index contributed by atoms with van der Waals surface area (Å²) in [5.41, 5.74) is 3.34. The summed E-state index contributed by atoms with van der Waals surface area (Å²) in [6.45, 7) is 4.26. The molecule has 100 valence electrons. The lowest BCUT2D eigenvalue weighted by Gasteiger charge is -2.42. The molecular formula is C12H21N5O. The third-order valence-corrected chi connectivity index (χ3v) is 3.59. The fourth-order valence-corrected chi connectivity index (χ4v) is 2.33. The van der Waals surface area contributed by atoms with Crippen molar-refractivity contribution in [3.63, 3.8) is 0 Å². The maximum Gasteiger partial charge on any atom is 0.148 e. The number of aromatic nitrogens is 2. The minimum absolute atomic E-state index is 0.125. The molecule has 1 heterocycles. The summed E-state index contributed by atoms with van der Waals surface area (Å²) >= 11 is 0. The number of aliphatic hydroxyl groups is 1. The predicted molar refractivity (Wildman–Crippen MR) is 71.2 cm³/mol. The van der Waals surface area contributed by atoms with Gasteiger partial charge in [-0.1, -0.05) is 13.8 Å². The van der Waals surface area contributed by atoms with Gasteiger partial charge in [-0.2, -0.15) is 0 Å². The van der Waals surface area contributed by atoms with Gasteiger partial charge in [0.1, 0.15) is 18.0 Å². The van der Waals surface area contributed by atoms with E-state index in [4.69, 9.17) is 5.84 Å². The Hall–Kier alpha value is -1.40. The topological polar surface area (TPSA) is 96.1 Å². The van der Waals surface area contributed by atoms with Crippen LogP contribution >= 0.6 is 0 Å². The van der Waals surface area contributed by atoms with Crippen LogP contribution in [0.3, 0.4) is 0 Å². The quantitative estimate of drug-likeness (QED) is 0.464. The fourth-order valence-electron chi connectivity index (χ4n) is 2.33. The van der Waals surface area contributed by atoms with Crippen molar-refractivity contribution in [1.82, 2.24) is 9.97 Å². The Labute approximate surface area is 107 Å². The zero-order chi connectivity index (χ0) is 13.2. The zero-order valence-corrected chi connectivity index (χ0v) is 10.9. The Morgan fingerprint density at radius 2 is 2.06 bits per heavy atom. The van der Waals surface area contributed by atoms with Crippen LogP contribution in [0.15, 0.2) is 6.33 Å². The van der Waals surface area contributed by atoms with Crippen molar-refractivity contribution in [3.8, 4) is 0 Å². The Morgan fingerprint density at radius 3 is 2.50 bits per heavy atom. The summed E-state index contributed by atoms with van der Waals surface area (Å²) < 4.78 is 0. The molecule has 1 saturated carbocycles. The SMILES string of the molecule is CC(C)c1c(NN)ncnc1NC1(CO)CCC1. The van der Waals surface area contributed by atoms with Gasteiger partial charge in [0.25, 0.3) is 0 Å². The van der Waals surface area contributed by atoms with E-state index in [0.29, 0.717) is 5.82 Å². The number of hydrogen-bond acceptors (Lipinski definition) is 6. The van der Waals surface area contributed by atoms with Crippen LogP contribution in [0, 0.1) is 0 Å². The molecule has 6 nitrogen and oxygen atoms in total. The minimum atomic E-state index is -0.218. The first-order valence-corrected chi connectivity index (χ1v) is 6.32. The summed E-state index contributed by atoms with van der Waals surface area (Å²) in [4.78, 5) is 8.42. The summed E-state index contributed by atoms with van der Waals surface area (Å²) in [5.74, 6) is 7.13. The lowest BCUT2D eigenvalue weighted by Crippen LogP contribution is -2.48. The van der Waals surface area contributed by atoms with E-state index in [-0.39, 0.29) is 18.1 Å². The van der Waals surface area contributed by atoms with Gasteiger partial charge in [-0.25, -0.2) is 15.8 Å². The Bertz CT molecular complexity index is 411. The molecule has 1 aliphatic carbocycles. The number of hydrazine groups is 1. The first-order valence-electron chi connectivity index (χ1n) is 6.32. The van der Waals surface area contributed by atoms with Gasteiger partial charge >= 0.3 is 0 Å². The highest BCUT2D eigenvalue weighted by Crippen LogP contribution is 2.37. The fraction of sp³-hybridized carbons (Fsp3) is 0.667. The number of nitrogens with zero attached hydrogens (tertiary/aromatic N) is 2. The van der Waals surface area contributed by atoms with E-state index in [2.05, 4.69) is 34.6 Å². The van der Waals surface area contributed by atoms with E-state index < -0.39 is 0 Å². The van der Waals surface area contributed by atoms with Crippen molar-refractivity contribution in [2.45, 2.75) is 44.6 Å². The molecule has 0 amide bonds. The summed E-state index contributed by atoms with van der Waals surface area (Å²) in [7, 11) is 0. The van der Waals surface area contributed by atoms with E-state index in [1.165, 1.54) is 6.33 Å². The van der Waals surface area contributed by atoms with Gasteiger partial charge in [0.15, 0.2) is 0 Å². The average Bonchev–Trinajstić information content (AvgIpc) is 2.33. The highest BCUT2D eigenvalue weighted by Gasteiger charge is 2.37. The molecular weight excluding hydrogens is 230 g/mol. The Morgan fingerprint density at radius 1 is 1.39 bits per heavy atom. The molecule has 18 heavy (non-hydrogen) atoms. The van der Waals surface area contributed by atoms with Crippen LogP contribution in [0.4, 0.5) is 11.6 Å². The second kappa shape index (κ2) is 5.07. The third kappa shape index (κ3) is 2.26. The molecule has 1 aromatic heterocycles. The van der Waals surface area contributed by atoms with Gasteiger partial charge < -0.3 is 15.8 Å². The number of rotatable bonds is 5. The molecule has 1 fully saturated rings. The van der Waals surface area contributed by atoms with Crippen molar-refractivity contribution in [1.29, 1.82) is 0 Å². The molecule has 0 aromatic carbocycles. The summed E-state index contributed by atoms with van der Waals surface area (Å²) in [5, 5.41) is 12.9. The van der Waals surface area contributed by atoms with E-state index >= 15 is 0 Å². The normalized spacial score (nSPS) is 17.4. The first kappa shape index (κ1) is 13.0. The molecule has 0 spiro atoms. The van der Waals surface area contributed by atoms with Gasteiger partial charge in [0.2, 0.25) is 0 Å². The van der Waals surface area contributed by atoms with Gasteiger partial charge in [0, 0.05) is 5.56 Å². The minimum Gasteiger partial charge on any atom is -0.394 e. The molecule has 5 N–H and O–H groups in total. The van der Waals surface area contributed by atoms with Gasteiger partial charge in [-0.15, -0.1) is 0 Å². The Kier molecular flexibility index (Phi) is 3.68. The average molecular weight is 251 g/mol. The molecule has 0 aliphatic heterocycles. The summed E-state index contributed by atoms with van der Waals surface area (Å²) in [6.07, 6.45) is 4.55. The van der Waals surface area contributed by atoms with Crippen LogP contribution in [0.25, 0.3) is 0 Å². The number of hydrogen-bond donors (Lipinski definition) is 4. The monoisotopic (exact) mass is 251 g/mol. The van der Waals surface area contributed by atoms with Gasteiger partial charge in [-0.05, 0) is 25.2 Å². The van der Waals surface area contributed by atoms with Crippen LogP contribution < -0.4 is 16.6 Å². The molecule has 2 rings (SSSR count). The molecule has 0 bridgehead atoms. The van der Waals surface area contributed by atoms with Crippen LogP contribution in [-0.2, 0) is 0 Å². The number of anilines is 2. The molecule has 0 unspecified atom stereocenters. The molecule has 0 radical (unpaired) electrons. The number of nitrogen functional groups attached to an aromatic ring is 1. The second-order valence-electron chi connectivity index (χ2n) is 5.20. The predicted octanol–water partition coefficient (Wildman–Crippen LogP) is 1.21. The lowest BCUT2D eigenvalue weighted by molar-refractivity contribution is 0.143. The molecule has 1 aromatic rings. The van der Waals surface area contributed by atoms with Crippen molar-refractivity contribution < 1.29 is 5.11 Å². The largest absolute Gasteiger partial charge is 0.394 e. The van der Waals surface area contributed by atoms with Gasteiger partial charge in [-0.3, -0.25) is 0 Å². The van der Waals surface area contributed by atoms with Crippen LogP contribution in [0.1, 0.15) is 44.6 Å². The van der Waals surface area contributed by atoms with Crippen LogP contribution in [0.2, 0.25) is 0 Å². The van der Waals surface area contributed by atoms with E-state index in [1.54, 1.807) is 0 Å². The highest BCUT2D eigenvalue weighted by molar-refractivity contribution is 5.59. The maximum atomic E-state index is 9.51. The highest BCUT2D eigenvalue weighted by atomic mass is 16.3. The maximum absolute atomic E-state index is 9.51. The van der Waals surface area contributed by atoms with Crippen molar-refractivity contribution in [2.75, 3.05) is 17.3 Å². The molecule has 6 heteroatoms. The molecule has 0 saturated heterocycles. The van der Waals surface area contributed by atoms with Crippen molar-refractivity contribution >= 4 is 11.6 Å². The first-order chi connectivity index (χ1) is 8.62. The zero-order valence-electron chi connectivity index (χ0n) is 10.9. The smallest absolute Gasteiger partial charge is 0.148 e. The number of nitrogens with one attached hydrogen (secondary N) is 2. The number of nitrogens with two attached hydrogens (primary N) is 1. The Balaban J connectivity index is 2.32. The van der Waals surface area contributed by atoms with E-state index in [9.17, 15) is 5.11 Å².